The number of hydrazine groups is 1. The Morgan fingerprint density at radius 2 is 2.06 bits per heavy atom. The highest BCUT2D eigenvalue weighted by molar-refractivity contribution is 6.31. The van der Waals surface area contributed by atoms with Crippen LogP contribution >= 0.6 is 11.6 Å². The summed E-state index contributed by atoms with van der Waals surface area (Å²) in [5, 5.41) is 3.74. The van der Waals surface area contributed by atoms with Crippen LogP contribution in [-0.2, 0) is 4.79 Å². The molecular weight excluding hydrogens is 250 g/mol. The Morgan fingerprint density at radius 3 is 2.78 bits per heavy atom. The minimum Gasteiger partial charge on any atom is -0.352 e. The zero-order valence-electron chi connectivity index (χ0n) is 9.95. The normalized spacial score (nSPS) is 27.2. The van der Waals surface area contributed by atoms with Crippen molar-refractivity contribution in [3.8, 4) is 0 Å². The van der Waals surface area contributed by atoms with Crippen molar-refractivity contribution in [2.75, 3.05) is 0 Å². The Morgan fingerprint density at radius 1 is 1.28 bits per heavy atom. The Hall–Kier alpha value is -1.10. The van der Waals surface area contributed by atoms with E-state index in [0.717, 1.165) is 29.8 Å². The van der Waals surface area contributed by atoms with Crippen LogP contribution in [0.2, 0.25) is 5.02 Å². The summed E-state index contributed by atoms with van der Waals surface area (Å²) < 4.78 is 0. The minimum absolute atomic E-state index is 0.0829. The molecule has 18 heavy (non-hydrogen) atoms. The molecule has 1 aromatic carbocycles. The second kappa shape index (κ2) is 4.88. The van der Waals surface area contributed by atoms with Crippen molar-refractivity contribution in [3.05, 3.63) is 34.9 Å². The molecule has 0 spiro atoms. The Kier molecular flexibility index (Phi) is 3.24. The largest absolute Gasteiger partial charge is 0.352 e. The first-order valence-electron chi connectivity index (χ1n) is 6.30. The molecule has 2 aliphatic rings. The molecule has 3 rings (SSSR count). The second-order valence-corrected chi connectivity index (χ2v) is 5.34. The van der Waals surface area contributed by atoms with Gasteiger partial charge in [-0.2, -0.15) is 0 Å². The zero-order chi connectivity index (χ0) is 12.5. The number of hydrogen-bond acceptors (Lipinski definition) is 3. The maximum Gasteiger partial charge on any atom is 0.238 e. The number of amides is 1. The molecule has 96 valence electrons. The molecule has 2 unspecified atom stereocenters. The molecule has 1 amide bonds. The van der Waals surface area contributed by atoms with Gasteiger partial charge in [0.2, 0.25) is 5.91 Å². The van der Waals surface area contributed by atoms with Crippen LogP contribution in [0.5, 0.6) is 0 Å². The summed E-state index contributed by atoms with van der Waals surface area (Å²) in [5.41, 5.74) is 7.22. The van der Waals surface area contributed by atoms with Gasteiger partial charge in [0.15, 0.2) is 0 Å². The first kappa shape index (κ1) is 12.0. The SMILES string of the molecule is O=C(NC1CC1)C1CC(c2ccccc2Cl)NN1. The van der Waals surface area contributed by atoms with E-state index >= 15 is 0 Å². The van der Waals surface area contributed by atoms with Crippen LogP contribution in [0, 0.1) is 0 Å². The summed E-state index contributed by atoms with van der Waals surface area (Å²) >= 11 is 6.16. The number of hydrogen-bond donors (Lipinski definition) is 3. The van der Waals surface area contributed by atoms with Gasteiger partial charge in [0.1, 0.15) is 6.04 Å². The summed E-state index contributed by atoms with van der Waals surface area (Å²) in [6, 6.07) is 8.05. The molecule has 1 saturated carbocycles. The van der Waals surface area contributed by atoms with Crippen LogP contribution in [0.15, 0.2) is 24.3 Å². The lowest BCUT2D eigenvalue weighted by Crippen LogP contribution is -2.43. The van der Waals surface area contributed by atoms with E-state index in [1.807, 2.05) is 24.3 Å². The number of nitrogens with one attached hydrogen (secondary N) is 3. The molecule has 1 aromatic rings. The van der Waals surface area contributed by atoms with Gasteiger partial charge < -0.3 is 5.32 Å². The van der Waals surface area contributed by atoms with Crippen molar-refractivity contribution in [1.29, 1.82) is 0 Å². The van der Waals surface area contributed by atoms with Gasteiger partial charge in [0.25, 0.3) is 0 Å². The van der Waals surface area contributed by atoms with Gasteiger partial charge in [0, 0.05) is 17.1 Å². The van der Waals surface area contributed by atoms with Crippen LogP contribution in [0.4, 0.5) is 0 Å². The van der Waals surface area contributed by atoms with Crippen molar-refractivity contribution >= 4 is 17.5 Å². The fourth-order valence-corrected chi connectivity index (χ4v) is 2.49. The summed E-state index contributed by atoms with van der Waals surface area (Å²) in [6.07, 6.45) is 2.95. The topological polar surface area (TPSA) is 53.2 Å². The van der Waals surface area contributed by atoms with E-state index in [4.69, 9.17) is 11.6 Å². The Balaban J connectivity index is 1.64. The van der Waals surface area contributed by atoms with E-state index in [1.165, 1.54) is 0 Å². The van der Waals surface area contributed by atoms with Crippen LogP contribution in [0.1, 0.15) is 30.9 Å². The van der Waals surface area contributed by atoms with Crippen molar-refractivity contribution < 1.29 is 4.79 Å². The third-order valence-electron chi connectivity index (χ3n) is 3.42. The summed E-state index contributed by atoms with van der Waals surface area (Å²) in [4.78, 5) is 11.9. The van der Waals surface area contributed by atoms with E-state index in [9.17, 15) is 4.79 Å². The molecule has 1 saturated heterocycles. The molecular formula is C13H16ClN3O. The number of carbonyl (C=O) groups excluding carboxylic acids is 1. The van der Waals surface area contributed by atoms with Crippen LogP contribution in [-0.4, -0.2) is 18.0 Å². The summed E-state index contributed by atoms with van der Waals surface area (Å²) in [5.74, 6) is 0.0829. The lowest BCUT2D eigenvalue weighted by molar-refractivity contribution is -0.123. The van der Waals surface area contributed by atoms with Gasteiger partial charge in [-0.15, -0.1) is 0 Å². The highest BCUT2D eigenvalue weighted by Gasteiger charge is 2.33. The smallest absolute Gasteiger partial charge is 0.238 e. The molecule has 1 aliphatic heterocycles. The fraction of sp³-hybridized carbons (Fsp3) is 0.462. The van der Waals surface area contributed by atoms with E-state index < -0.39 is 0 Å². The van der Waals surface area contributed by atoms with Gasteiger partial charge in [-0.3, -0.25) is 4.79 Å². The first-order valence-corrected chi connectivity index (χ1v) is 6.67. The average Bonchev–Trinajstić information content (AvgIpc) is 3.04. The van der Waals surface area contributed by atoms with Crippen molar-refractivity contribution in [3.63, 3.8) is 0 Å². The van der Waals surface area contributed by atoms with Gasteiger partial charge >= 0.3 is 0 Å². The van der Waals surface area contributed by atoms with Crippen LogP contribution in [0.3, 0.4) is 0 Å². The number of benzene rings is 1. The van der Waals surface area contributed by atoms with Crippen LogP contribution < -0.4 is 16.2 Å². The third-order valence-corrected chi connectivity index (χ3v) is 3.77. The van der Waals surface area contributed by atoms with E-state index in [2.05, 4.69) is 16.2 Å². The van der Waals surface area contributed by atoms with Gasteiger partial charge in [-0.1, -0.05) is 29.8 Å². The monoisotopic (exact) mass is 265 g/mol. The molecule has 3 N–H and O–H groups in total. The van der Waals surface area contributed by atoms with Crippen LogP contribution in [0.25, 0.3) is 0 Å². The van der Waals surface area contributed by atoms with Crippen molar-refractivity contribution in [2.45, 2.75) is 37.4 Å². The van der Waals surface area contributed by atoms with E-state index in [-0.39, 0.29) is 18.0 Å². The molecule has 1 aliphatic carbocycles. The Labute approximate surface area is 111 Å². The molecule has 4 nitrogen and oxygen atoms in total. The standard InChI is InChI=1S/C13H16ClN3O/c14-10-4-2-1-3-9(10)11-7-12(17-16-11)13(18)15-8-5-6-8/h1-4,8,11-12,16-17H,5-7H2,(H,15,18). The quantitative estimate of drug-likeness (QED) is 0.777. The highest BCUT2D eigenvalue weighted by atomic mass is 35.5. The predicted molar refractivity (Wildman–Crippen MR) is 70.0 cm³/mol. The van der Waals surface area contributed by atoms with Crippen molar-refractivity contribution in [1.82, 2.24) is 16.2 Å². The lowest BCUT2D eigenvalue weighted by Gasteiger charge is -2.11. The maximum absolute atomic E-state index is 11.9. The average molecular weight is 266 g/mol. The predicted octanol–water partition coefficient (Wildman–Crippen LogP) is 1.53. The van der Waals surface area contributed by atoms with Gasteiger partial charge in [-0.05, 0) is 30.9 Å². The molecule has 5 heteroatoms. The summed E-state index contributed by atoms with van der Waals surface area (Å²) in [7, 11) is 0. The highest BCUT2D eigenvalue weighted by Crippen LogP contribution is 2.28. The number of rotatable bonds is 3. The number of halogens is 1. The van der Waals surface area contributed by atoms with Crippen molar-refractivity contribution in [2.24, 2.45) is 0 Å². The van der Waals surface area contributed by atoms with Gasteiger partial charge in [0.05, 0.1) is 0 Å². The zero-order valence-corrected chi connectivity index (χ0v) is 10.7. The van der Waals surface area contributed by atoms with E-state index in [1.54, 1.807) is 0 Å². The van der Waals surface area contributed by atoms with Gasteiger partial charge in [-0.25, -0.2) is 10.9 Å². The third kappa shape index (κ3) is 2.51. The molecule has 0 radical (unpaired) electrons. The Bertz CT molecular complexity index is 461. The molecule has 0 aromatic heterocycles. The second-order valence-electron chi connectivity index (χ2n) is 4.93. The molecule has 0 bridgehead atoms. The first-order chi connectivity index (χ1) is 8.74. The van der Waals surface area contributed by atoms with E-state index in [0.29, 0.717) is 6.04 Å². The molecule has 2 fully saturated rings. The fourth-order valence-electron chi connectivity index (χ4n) is 2.22. The summed E-state index contributed by atoms with van der Waals surface area (Å²) in [6.45, 7) is 0. The molecule has 2 atom stereocenters. The number of carbonyl (C=O) groups is 1. The lowest BCUT2D eigenvalue weighted by atomic mass is 10.0. The molecule has 1 heterocycles. The minimum atomic E-state index is -0.174. The maximum atomic E-state index is 11.9.